The number of amides is 3. The van der Waals surface area contributed by atoms with Crippen molar-refractivity contribution in [3.8, 4) is 0 Å². The first-order chi connectivity index (χ1) is 9.97. The van der Waals surface area contributed by atoms with Gasteiger partial charge in [-0.2, -0.15) is 0 Å². The number of hydrogen-bond acceptors (Lipinski definition) is 2. The largest absolute Gasteiger partial charge is 0.351 e. The van der Waals surface area contributed by atoms with Crippen LogP contribution in [0.25, 0.3) is 0 Å². The van der Waals surface area contributed by atoms with E-state index in [0.717, 1.165) is 18.4 Å². The molecule has 0 aliphatic heterocycles. The van der Waals surface area contributed by atoms with Crippen LogP contribution in [0.3, 0.4) is 0 Å². The maximum atomic E-state index is 12.3. The molecule has 0 saturated heterocycles. The van der Waals surface area contributed by atoms with E-state index >= 15 is 0 Å². The maximum absolute atomic E-state index is 12.3. The van der Waals surface area contributed by atoms with Gasteiger partial charge in [-0.15, -0.1) is 0 Å². The first-order valence-electron chi connectivity index (χ1n) is 7.02. The minimum atomic E-state index is -0.837. The highest BCUT2D eigenvalue weighted by Gasteiger charge is 2.27. The summed E-state index contributed by atoms with van der Waals surface area (Å²) in [5.74, 6) is -0.328. The van der Waals surface area contributed by atoms with E-state index in [0.29, 0.717) is 22.4 Å². The number of imide groups is 1. The van der Waals surface area contributed by atoms with Gasteiger partial charge in [0.25, 0.3) is 0 Å². The molecule has 1 aromatic carbocycles. The van der Waals surface area contributed by atoms with Crippen LogP contribution in [0.4, 0.5) is 4.79 Å². The van der Waals surface area contributed by atoms with E-state index in [1.165, 1.54) is 12.8 Å². The summed E-state index contributed by atoms with van der Waals surface area (Å²) in [6.45, 7) is 0. The number of primary amides is 1. The summed E-state index contributed by atoms with van der Waals surface area (Å²) < 4.78 is 0. The number of benzene rings is 1. The van der Waals surface area contributed by atoms with Crippen molar-refractivity contribution in [3.63, 3.8) is 0 Å². The Labute approximate surface area is 134 Å². The minimum absolute atomic E-state index is 0.382. The van der Waals surface area contributed by atoms with E-state index in [-0.39, 0.29) is 5.91 Å². The quantitative estimate of drug-likeness (QED) is 0.880. The number of rotatable bonds is 4. The Hall–Kier alpha value is -1.26. The monoisotopic (exact) mass is 328 g/mol. The standard InChI is InChI=1S/C15H18Cl2N2O2/c16-12-6-5-10(8-13(12)17)11(14(20)19-15(18)21)7-9-3-1-2-4-9/h5-6,8-9,11H,1-4,7H2,(H3,18,19,20,21)/t11-/m1/s1. The average Bonchev–Trinajstić information content (AvgIpc) is 2.91. The molecule has 0 spiro atoms. The van der Waals surface area contributed by atoms with Crippen molar-refractivity contribution >= 4 is 35.1 Å². The Morgan fingerprint density at radius 3 is 2.48 bits per heavy atom. The molecule has 2 rings (SSSR count). The highest BCUT2D eigenvalue weighted by Crippen LogP contribution is 2.36. The minimum Gasteiger partial charge on any atom is -0.351 e. The Balaban J connectivity index is 2.22. The molecule has 0 aromatic heterocycles. The summed E-state index contributed by atoms with van der Waals surface area (Å²) in [7, 11) is 0. The fourth-order valence-electron chi connectivity index (χ4n) is 2.91. The van der Waals surface area contributed by atoms with E-state index in [4.69, 9.17) is 28.9 Å². The summed E-state index contributed by atoms with van der Waals surface area (Å²) in [5, 5.41) is 3.01. The van der Waals surface area contributed by atoms with E-state index in [2.05, 4.69) is 5.32 Å². The van der Waals surface area contributed by atoms with Gasteiger partial charge in [0, 0.05) is 0 Å². The van der Waals surface area contributed by atoms with Crippen molar-refractivity contribution < 1.29 is 9.59 Å². The smallest absolute Gasteiger partial charge is 0.318 e. The summed E-state index contributed by atoms with van der Waals surface area (Å²) >= 11 is 11.9. The molecule has 6 heteroatoms. The van der Waals surface area contributed by atoms with Gasteiger partial charge in [-0.1, -0.05) is 55.0 Å². The predicted octanol–water partition coefficient (Wildman–Crippen LogP) is 3.85. The second-order valence-electron chi connectivity index (χ2n) is 5.47. The van der Waals surface area contributed by atoms with E-state index in [1.54, 1.807) is 18.2 Å². The lowest BCUT2D eigenvalue weighted by Crippen LogP contribution is -2.38. The molecule has 0 unspecified atom stereocenters. The van der Waals surface area contributed by atoms with Crippen LogP contribution < -0.4 is 11.1 Å². The van der Waals surface area contributed by atoms with E-state index in [1.807, 2.05) is 0 Å². The molecule has 114 valence electrons. The molecule has 4 nitrogen and oxygen atoms in total. The van der Waals surface area contributed by atoms with Crippen LogP contribution >= 0.6 is 23.2 Å². The first-order valence-corrected chi connectivity index (χ1v) is 7.78. The number of urea groups is 1. The van der Waals surface area contributed by atoms with Crippen LogP contribution in [-0.2, 0) is 4.79 Å². The molecule has 3 amide bonds. The number of hydrogen-bond donors (Lipinski definition) is 2. The number of nitrogens with one attached hydrogen (secondary N) is 1. The van der Waals surface area contributed by atoms with Gasteiger partial charge in [0.1, 0.15) is 0 Å². The molecule has 0 radical (unpaired) electrons. The van der Waals surface area contributed by atoms with Crippen molar-refractivity contribution in [2.45, 2.75) is 38.0 Å². The normalized spacial score (nSPS) is 16.7. The van der Waals surface area contributed by atoms with Crippen LogP contribution in [0.15, 0.2) is 18.2 Å². The second-order valence-corrected chi connectivity index (χ2v) is 6.28. The molecule has 1 saturated carbocycles. The third-order valence-electron chi connectivity index (χ3n) is 3.95. The summed E-state index contributed by atoms with van der Waals surface area (Å²) in [6.07, 6.45) is 5.30. The second kappa shape index (κ2) is 7.14. The number of carbonyl (C=O) groups is 2. The Morgan fingerprint density at radius 2 is 1.90 bits per heavy atom. The van der Waals surface area contributed by atoms with Gasteiger partial charge in [0.05, 0.1) is 16.0 Å². The lowest BCUT2D eigenvalue weighted by atomic mass is 9.87. The van der Waals surface area contributed by atoms with E-state index in [9.17, 15) is 9.59 Å². The highest BCUT2D eigenvalue weighted by atomic mass is 35.5. The third-order valence-corrected chi connectivity index (χ3v) is 4.69. The number of nitrogens with two attached hydrogens (primary N) is 1. The number of halogens is 2. The summed E-state index contributed by atoms with van der Waals surface area (Å²) in [5.41, 5.74) is 5.81. The lowest BCUT2D eigenvalue weighted by Gasteiger charge is -2.20. The summed E-state index contributed by atoms with van der Waals surface area (Å²) in [6, 6.07) is 4.29. The van der Waals surface area contributed by atoms with Crippen LogP contribution in [0.5, 0.6) is 0 Å². The molecule has 1 aromatic rings. The fourth-order valence-corrected chi connectivity index (χ4v) is 3.22. The third kappa shape index (κ3) is 4.35. The van der Waals surface area contributed by atoms with Crippen LogP contribution in [-0.4, -0.2) is 11.9 Å². The topological polar surface area (TPSA) is 72.2 Å². The van der Waals surface area contributed by atoms with Crippen molar-refractivity contribution in [3.05, 3.63) is 33.8 Å². The Bertz CT molecular complexity index is 542. The highest BCUT2D eigenvalue weighted by molar-refractivity contribution is 6.42. The van der Waals surface area contributed by atoms with Gasteiger partial charge in [-0.05, 0) is 30.0 Å². The van der Waals surface area contributed by atoms with Gasteiger partial charge < -0.3 is 5.73 Å². The molecule has 3 N–H and O–H groups in total. The van der Waals surface area contributed by atoms with Gasteiger partial charge in [0.2, 0.25) is 5.91 Å². The molecule has 21 heavy (non-hydrogen) atoms. The molecular weight excluding hydrogens is 311 g/mol. The van der Waals surface area contributed by atoms with Gasteiger partial charge >= 0.3 is 6.03 Å². The zero-order chi connectivity index (χ0) is 15.4. The fraction of sp³-hybridized carbons (Fsp3) is 0.467. The van der Waals surface area contributed by atoms with Crippen LogP contribution in [0, 0.1) is 5.92 Å². The molecule has 0 heterocycles. The van der Waals surface area contributed by atoms with Crippen molar-refractivity contribution in [1.82, 2.24) is 5.32 Å². The first kappa shape index (κ1) is 16.1. The van der Waals surface area contributed by atoms with Gasteiger partial charge in [-0.25, -0.2) is 4.79 Å². The molecule has 1 aliphatic rings. The molecule has 1 atom stereocenters. The number of carbonyl (C=O) groups excluding carboxylic acids is 2. The predicted molar refractivity (Wildman–Crippen MR) is 83.5 cm³/mol. The lowest BCUT2D eigenvalue weighted by molar-refractivity contribution is -0.121. The van der Waals surface area contributed by atoms with Gasteiger partial charge in [0.15, 0.2) is 0 Å². The summed E-state index contributed by atoms with van der Waals surface area (Å²) in [4.78, 5) is 23.2. The zero-order valence-corrected chi connectivity index (χ0v) is 13.1. The molecular formula is C15H18Cl2N2O2. The maximum Gasteiger partial charge on any atom is 0.318 e. The average molecular weight is 329 g/mol. The van der Waals surface area contributed by atoms with Crippen LogP contribution in [0.2, 0.25) is 10.0 Å². The van der Waals surface area contributed by atoms with Crippen molar-refractivity contribution in [2.24, 2.45) is 11.7 Å². The zero-order valence-electron chi connectivity index (χ0n) is 11.6. The molecule has 0 bridgehead atoms. The Kier molecular flexibility index (Phi) is 5.48. The molecule has 1 aliphatic carbocycles. The van der Waals surface area contributed by atoms with Crippen LogP contribution in [0.1, 0.15) is 43.6 Å². The Morgan fingerprint density at radius 1 is 1.24 bits per heavy atom. The SMILES string of the molecule is NC(=O)NC(=O)[C@H](CC1CCCC1)c1ccc(Cl)c(Cl)c1. The van der Waals surface area contributed by atoms with Crippen molar-refractivity contribution in [1.29, 1.82) is 0 Å². The van der Waals surface area contributed by atoms with Crippen molar-refractivity contribution in [2.75, 3.05) is 0 Å². The molecule has 1 fully saturated rings. The van der Waals surface area contributed by atoms with Gasteiger partial charge in [-0.3, -0.25) is 10.1 Å². The van der Waals surface area contributed by atoms with E-state index < -0.39 is 11.9 Å².